The van der Waals surface area contributed by atoms with E-state index in [1.54, 1.807) is 0 Å². The van der Waals surface area contributed by atoms with E-state index >= 15 is 0 Å². The summed E-state index contributed by atoms with van der Waals surface area (Å²) in [6, 6.07) is 8.34. The molecule has 0 unspecified atom stereocenters. The molecular weight excluding hydrogens is 262 g/mol. The maximum Gasteiger partial charge on any atom is 0.242 e. The first-order chi connectivity index (χ1) is 9.96. The summed E-state index contributed by atoms with van der Waals surface area (Å²) >= 11 is 0. The molecule has 1 fully saturated rings. The number of hydrogen-bond donors (Lipinski definition) is 1. The molecule has 2 N–H and O–H groups in total. The van der Waals surface area contributed by atoms with Crippen LogP contribution >= 0.6 is 0 Å². The van der Waals surface area contributed by atoms with Crippen LogP contribution in [0, 0.1) is 0 Å². The van der Waals surface area contributed by atoms with Crippen molar-refractivity contribution >= 4 is 11.6 Å². The Kier molecular flexibility index (Phi) is 4.88. The maximum atomic E-state index is 12.7. The molecule has 116 valence electrons. The smallest absolute Gasteiger partial charge is 0.242 e. The molecule has 0 spiro atoms. The number of nitrogens with two attached hydrogens (primary N) is 1. The van der Waals surface area contributed by atoms with Gasteiger partial charge in [0.05, 0.1) is 5.54 Å². The standard InChI is InChI=1S/C17H27N3O/c1-4-20(16(21)17(18)11-5-6-12-17)13-14-7-9-15(10-8-14)19(2)3/h7-10H,4-6,11-13,18H2,1-3H3. The van der Waals surface area contributed by atoms with Gasteiger partial charge in [-0.3, -0.25) is 4.79 Å². The van der Waals surface area contributed by atoms with Crippen molar-refractivity contribution in [3.8, 4) is 0 Å². The molecule has 4 nitrogen and oxygen atoms in total. The van der Waals surface area contributed by atoms with Crippen molar-refractivity contribution in [2.24, 2.45) is 5.73 Å². The number of nitrogens with zero attached hydrogens (tertiary/aromatic N) is 2. The Hall–Kier alpha value is -1.55. The molecule has 0 atom stereocenters. The largest absolute Gasteiger partial charge is 0.378 e. The molecule has 0 aliphatic heterocycles. The maximum absolute atomic E-state index is 12.7. The first kappa shape index (κ1) is 15.8. The summed E-state index contributed by atoms with van der Waals surface area (Å²) in [5.41, 5.74) is 7.99. The quantitative estimate of drug-likeness (QED) is 0.905. The molecule has 21 heavy (non-hydrogen) atoms. The number of benzene rings is 1. The monoisotopic (exact) mass is 289 g/mol. The molecule has 2 rings (SSSR count). The third kappa shape index (κ3) is 3.56. The van der Waals surface area contributed by atoms with E-state index in [0.29, 0.717) is 13.1 Å². The molecule has 0 saturated heterocycles. The van der Waals surface area contributed by atoms with E-state index in [4.69, 9.17) is 5.73 Å². The van der Waals surface area contributed by atoms with Gasteiger partial charge in [0.15, 0.2) is 0 Å². The molecule has 0 bridgehead atoms. The van der Waals surface area contributed by atoms with Gasteiger partial charge in [-0.1, -0.05) is 25.0 Å². The molecule has 0 radical (unpaired) electrons. The Labute approximate surface area is 127 Å². The third-order valence-electron chi connectivity index (χ3n) is 4.42. The lowest BCUT2D eigenvalue weighted by Crippen LogP contribution is -2.53. The Bertz CT molecular complexity index is 475. The van der Waals surface area contributed by atoms with E-state index in [9.17, 15) is 4.79 Å². The molecule has 1 amide bonds. The van der Waals surface area contributed by atoms with Crippen molar-refractivity contribution in [1.82, 2.24) is 4.90 Å². The fourth-order valence-electron chi connectivity index (χ4n) is 2.98. The highest BCUT2D eigenvalue weighted by Gasteiger charge is 2.39. The lowest BCUT2D eigenvalue weighted by Gasteiger charge is -2.31. The fourth-order valence-corrected chi connectivity index (χ4v) is 2.98. The van der Waals surface area contributed by atoms with Gasteiger partial charge in [-0.05, 0) is 37.5 Å². The normalized spacial score (nSPS) is 16.8. The van der Waals surface area contributed by atoms with E-state index in [0.717, 1.165) is 31.2 Å². The molecule has 1 aromatic rings. The van der Waals surface area contributed by atoms with Gasteiger partial charge in [-0.15, -0.1) is 0 Å². The Morgan fingerprint density at radius 3 is 2.24 bits per heavy atom. The van der Waals surface area contributed by atoms with Gasteiger partial charge >= 0.3 is 0 Å². The summed E-state index contributed by atoms with van der Waals surface area (Å²) in [5, 5.41) is 0. The third-order valence-corrected chi connectivity index (χ3v) is 4.42. The van der Waals surface area contributed by atoms with Crippen LogP contribution in [0.5, 0.6) is 0 Å². The summed E-state index contributed by atoms with van der Waals surface area (Å²) in [6.45, 7) is 3.36. The first-order valence-electron chi connectivity index (χ1n) is 7.81. The second-order valence-corrected chi connectivity index (χ2v) is 6.24. The van der Waals surface area contributed by atoms with Gasteiger partial charge in [0.1, 0.15) is 0 Å². The van der Waals surface area contributed by atoms with Gasteiger partial charge in [0, 0.05) is 32.9 Å². The summed E-state index contributed by atoms with van der Waals surface area (Å²) in [6.07, 6.45) is 3.78. The number of anilines is 1. The predicted molar refractivity (Wildman–Crippen MR) is 87.2 cm³/mol. The Morgan fingerprint density at radius 2 is 1.76 bits per heavy atom. The Balaban J connectivity index is 2.06. The zero-order valence-corrected chi connectivity index (χ0v) is 13.4. The number of carbonyl (C=O) groups excluding carboxylic acids is 1. The number of rotatable bonds is 5. The number of likely N-dealkylation sites (N-methyl/N-ethyl adjacent to an activating group) is 1. The molecule has 4 heteroatoms. The molecule has 1 aliphatic carbocycles. The lowest BCUT2D eigenvalue weighted by atomic mass is 9.97. The van der Waals surface area contributed by atoms with Crippen LogP contribution in [0.15, 0.2) is 24.3 Å². The summed E-state index contributed by atoms with van der Waals surface area (Å²) in [5.74, 6) is 0.110. The van der Waals surface area contributed by atoms with E-state index in [-0.39, 0.29) is 5.91 Å². The van der Waals surface area contributed by atoms with Gasteiger partial charge in [0.25, 0.3) is 0 Å². The fraction of sp³-hybridized carbons (Fsp3) is 0.588. The number of carbonyl (C=O) groups is 1. The van der Waals surface area contributed by atoms with Crippen LogP contribution in [0.25, 0.3) is 0 Å². The van der Waals surface area contributed by atoms with Crippen LogP contribution < -0.4 is 10.6 Å². The first-order valence-corrected chi connectivity index (χ1v) is 7.81. The zero-order valence-electron chi connectivity index (χ0n) is 13.4. The van der Waals surface area contributed by atoms with Crippen LogP contribution in [-0.4, -0.2) is 37.0 Å². The van der Waals surface area contributed by atoms with Gasteiger partial charge in [-0.25, -0.2) is 0 Å². The highest BCUT2D eigenvalue weighted by molar-refractivity contribution is 5.86. The molecule has 1 saturated carbocycles. The highest BCUT2D eigenvalue weighted by Crippen LogP contribution is 2.29. The van der Waals surface area contributed by atoms with E-state index in [2.05, 4.69) is 29.2 Å². The van der Waals surface area contributed by atoms with Crippen molar-refractivity contribution in [1.29, 1.82) is 0 Å². The topological polar surface area (TPSA) is 49.6 Å². The molecular formula is C17H27N3O. The SMILES string of the molecule is CCN(Cc1ccc(N(C)C)cc1)C(=O)C1(N)CCCC1. The van der Waals surface area contributed by atoms with Crippen LogP contribution in [0.4, 0.5) is 5.69 Å². The second-order valence-electron chi connectivity index (χ2n) is 6.24. The zero-order chi connectivity index (χ0) is 15.5. The van der Waals surface area contributed by atoms with Crippen molar-refractivity contribution in [2.75, 3.05) is 25.5 Å². The molecule has 0 aromatic heterocycles. The Morgan fingerprint density at radius 1 is 1.19 bits per heavy atom. The van der Waals surface area contributed by atoms with Crippen molar-refractivity contribution < 1.29 is 4.79 Å². The minimum atomic E-state index is -0.625. The minimum Gasteiger partial charge on any atom is -0.378 e. The van der Waals surface area contributed by atoms with Gasteiger partial charge in [-0.2, -0.15) is 0 Å². The van der Waals surface area contributed by atoms with Crippen LogP contribution in [0.1, 0.15) is 38.2 Å². The van der Waals surface area contributed by atoms with Crippen LogP contribution in [-0.2, 0) is 11.3 Å². The molecule has 1 aromatic carbocycles. The van der Waals surface area contributed by atoms with Crippen LogP contribution in [0.3, 0.4) is 0 Å². The van der Waals surface area contributed by atoms with E-state index in [1.807, 2.05) is 25.9 Å². The van der Waals surface area contributed by atoms with Gasteiger partial charge < -0.3 is 15.5 Å². The minimum absolute atomic E-state index is 0.110. The van der Waals surface area contributed by atoms with Crippen molar-refractivity contribution in [3.63, 3.8) is 0 Å². The predicted octanol–water partition coefficient (Wildman–Crippen LogP) is 2.37. The average Bonchev–Trinajstić information content (AvgIpc) is 2.92. The van der Waals surface area contributed by atoms with Gasteiger partial charge in [0.2, 0.25) is 5.91 Å². The van der Waals surface area contributed by atoms with Crippen molar-refractivity contribution in [3.05, 3.63) is 29.8 Å². The lowest BCUT2D eigenvalue weighted by molar-refractivity contribution is -0.137. The van der Waals surface area contributed by atoms with Crippen LogP contribution in [0.2, 0.25) is 0 Å². The van der Waals surface area contributed by atoms with E-state index < -0.39 is 5.54 Å². The number of amides is 1. The molecule has 0 heterocycles. The average molecular weight is 289 g/mol. The molecule has 1 aliphatic rings. The summed E-state index contributed by atoms with van der Waals surface area (Å²) in [7, 11) is 4.05. The summed E-state index contributed by atoms with van der Waals surface area (Å²) < 4.78 is 0. The number of hydrogen-bond acceptors (Lipinski definition) is 3. The second kappa shape index (κ2) is 6.48. The van der Waals surface area contributed by atoms with Crippen molar-refractivity contribution in [2.45, 2.75) is 44.7 Å². The summed E-state index contributed by atoms with van der Waals surface area (Å²) in [4.78, 5) is 16.6. The highest BCUT2D eigenvalue weighted by atomic mass is 16.2. The van der Waals surface area contributed by atoms with E-state index in [1.165, 1.54) is 5.69 Å².